The van der Waals surface area contributed by atoms with Crippen LogP contribution in [0, 0.1) is 6.92 Å². The normalized spacial score (nSPS) is 18.7. The third-order valence-corrected chi connectivity index (χ3v) is 3.69. The number of nitrogens with zero attached hydrogens (tertiary/aromatic N) is 3. The zero-order chi connectivity index (χ0) is 13.8. The molecule has 0 radical (unpaired) electrons. The van der Waals surface area contributed by atoms with E-state index >= 15 is 0 Å². The largest absolute Gasteiger partial charge is 0.409 e. The average molecular weight is 262 g/mol. The fourth-order valence-corrected chi connectivity index (χ4v) is 2.36. The van der Waals surface area contributed by atoms with Gasteiger partial charge in [0.05, 0.1) is 0 Å². The van der Waals surface area contributed by atoms with Gasteiger partial charge in [0.25, 0.3) is 0 Å². The first-order valence-electron chi connectivity index (χ1n) is 6.58. The lowest BCUT2D eigenvalue weighted by Gasteiger charge is -2.32. The van der Waals surface area contributed by atoms with Crippen molar-refractivity contribution in [2.45, 2.75) is 13.5 Å². The van der Waals surface area contributed by atoms with Gasteiger partial charge in [-0.1, -0.05) is 17.3 Å². The molecule has 3 N–H and O–H groups in total. The SMILES string of the molecule is Cc1ccc(CN2CCN(C)CC2)cc1C(N)=NO. The fourth-order valence-electron chi connectivity index (χ4n) is 2.36. The first-order valence-corrected chi connectivity index (χ1v) is 6.58. The summed E-state index contributed by atoms with van der Waals surface area (Å²) in [7, 11) is 2.15. The Bertz CT molecular complexity index is 465. The molecule has 0 spiro atoms. The number of hydrogen-bond donors (Lipinski definition) is 2. The van der Waals surface area contributed by atoms with Gasteiger partial charge in [0.2, 0.25) is 0 Å². The molecule has 1 aromatic carbocycles. The van der Waals surface area contributed by atoms with Crippen molar-refractivity contribution in [1.82, 2.24) is 9.80 Å². The smallest absolute Gasteiger partial charge is 0.170 e. The van der Waals surface area contributed by atoms with E-state index in [4.69, 9.17) is 10.9 Å². The van der Waals surface area contributed by atoms with Crippen LogP contribution in [-0.2, 0) is 6.54 Å². The quantitative estimate of drug-likeness (QED) is 0.367. The molecule has 0 atom stereocenters. The summed E-state index contributed by atoms with van der Waals surface area (Å²) < 4.78 is 0. The second-order valence-corrected chi connectivity index (χ2v) is 5.21. The van der Waals surface area contributed by atoms with E-state index in [1.165, 1.54) is 5.56 Å². The first-order chi connectivity index (χ1) is 9.10. The van der Waals surface area contributed by atoms with Gasteiger partial charge in [0, 0.05) is 38.3 Å². The molecule has 0 saturated carbocycles. The summed E-state index contributed by atoms with van der Waals surface area (Å²) in [5.74, 6) is 0.178. The Labute approximate surface area is 114 Å². The second-order valence-electron chi connectivity index (χ2n) is 5.21. The molecule has 2 rings (SSSR count). The van der Waals surface area contributed by atoms with Gasteiger partial charge in [-0.2, -0.15) is 0 Å². The number of rotatable bonds is 3. The Morgan fingerprint density at radius 3 is 2.63 bits per heavy atom. The molecule has 19 heavy (non-hydrogen) atoms. The molecule has 1 aliphatic rings. The van der Waals surface area contributed by atoms with Crippen molar-refractivity contribution in [3.63, 3.8) is 0 Å². The van der Waals surface area contributed by atoms with Crippen LogP contribution in [0.1, 0.15) is 16.7 Å². The van der Waals surface area contributed by atoms with Gasteiger partial charge < -0.3 is 15.8 Å². The lowest BCUT2D eigenvalue weighted by molar-refractivity contribution is 0.148. The van der Waals surface area contributed by atoms with E-state index in [-0.39, 0.29) is 5.84 Å². The monoisotopic (exact) mass is 262 g/mol. The van der Waals surface area contributed by atoms with Gasteiger partial charge in [-0.15, -0.1) is 0 Å². The van der Waals surface area contributed by atoms with Crippen molar-refractivity contribution in [3.8, 4) is 0 Å². The number of likely N-dealkylation sites (N-methyl/N-ethyl adjacent to an activating group) is 1. The number of amidine groups is 1. The van der Waals surface area contributed by atoms with E-state index in [9.17, 15) is 0 Å². The third kappa shape index (κ3) is 3.45. The maximum Gasteiger partial charge on any atom is 0.170 e. The van der Waals surface area contributed by atoms with Gasteiger partial charge in [0.15, 0.2) is 5.84 Å². The van der Waals surface area contributed by atoms with Crippen molar-refractivity contribution in [3.05, 3.63) is 34.9 Å². The minimum absolute atomic E-state index is 0.178. The molecule has 104 valence electrons. The molecule has 1 saturated heterocycles. The van der Waals surface area contributed by atoms with Crippen molar-refractivity contribution in [2.24, 2.45) is 10.9 Å². The minimum Gasteiger partial charge on any atom is -0.409 e. The number of hydrogen-bond acceptors (Lipinski definition) is 4. The van der Waals surface area contributed by atoms with Crippen molar-refractivity contribution >= 4 is 5.84 Å². The summed E-state index contributed by atoms with van der Waals surface area (Å²) in [6.07, 6.45) is 0. The molecular weight excluding hydrogens is 240 g/mol. The maximum atomic E-state index is 8.80. The molecule has 1 aromatic rings. The molecule has 0 aliphatic carbocycles. The molecule has 1 fully saturated rings. The van der Waals surface area contributed by atoms with Crippen LogP contribution in [0.15, 0.2) is 23.4 Å². The molecule has 5 nitrogen and oxygen atoms in total. The van der Waals surface area contributed by atoms with Crippen LogP contribution in [0.3, 0.4) is 0 Å². The van der Waals surface area contributed by atoms with Gasteiger partial charge in [-0.05, 0) is 31.2 Å². The van der Waals surface area contributed by atoms with Crippen LogP contribution in [0.2, 0.25) is 0 Å². The van der Waals surface area contributed by atoms with E-state index in [0.717, 1.165) is 43.9 Å². The Balaban J connectivity index is 2.09. The fraction of sp³-hybridized carbons (Fsp3) is 0.500. The second kappa shape index (κ2) is 6.04. The topological polar surface area (TPSA) is 65.1 Å². The number of benzene rings is 1. The van der Waals surface area contributed by atoms with Crippen molar-refractivity contribution in [1.29, 1.82) is 0 Å². The predicted octanol–water partition coefficient (Wildman–Crippen LogP) is 0.837. The van der Waals surface area contributed by atoms with Crippen LogP contribution < -0.4 is 5.73 Å². The van der Waals surface area contributed by atoms with Crippen molar-refractivity contribution < 1.29 is 5.21 Å². The van der Waals surface area contributed by atoms with E-state index in [1.807, 2.05) is 19.1 Å². The molecule has 0 aromatic heterocycles. The molecular formula is C14H22N4O. The number of oxime groups is 1. The number of aryl methyl sites for hydroxylation is 1. The molecule has 0 bridgehead atoms. The van der Waals surface area contributed by atoms with Crippen LogP contribution in [-0.4, -0.2) is 54.1 Å². The predicted molar refractivity (Wildman–Crippen MR) is 76.5 cm³/mol. The van der Waals surface area contributed by atoms with Crippen LogP contribution >= 0.6 is 0 Å². The molecule has 5 heteroatoms. The summed E-state index contributed by atoms with van der Waals surface area (Å²) in [4.78, 5) is 4.77. The van der Waals surface area contributed by atoms with E-state index in [1.54, 1.807) is 0 Å². The van der Waals surface area contributed by atoms with Gasteiger partial charge in [-0.25, -0.2) is 0 Å². The summed E-state index contributed by atoms with van der Waals surface area (Å²) >= 11 is 0. The first kappa shape index (κ1) is 13.8. The highest BCUT2D eigenvalue weighted by atomic mass is 16.4. The molecule has 0 unspecified atom stereocenters. The Kier molecular flexibility index (Phi) is 4.39. The van der Waals surface area contributed by atoms with Gasteiger partial charge >= 0.3 is 0 Å². The Morgan fingerprint density at radius 1 is 1.32 bits per heavy atom. The zero-order valence-corrected chi connectivity index (χ0v) is 11.6. The highest BCUT2D eigenvalue weighted by Gasteiger charge is 2.14. The van der Waals surface area contributed by atoms with Gasteiger partial charge in [0.1, 0.15) is 0 Å². The maximum absolute atomic E-state index is 8.80. The highest BCUT2D eigenvalue weighted by Crippen LogP contribution is 2.14. The van der Waals surface area contributed by atoms with Gasteiger partial charge in [-0.3, -0.25) is 4.90 Å². The highest BCUT2D eigenvalue weighted by molar-refractivity contribution is 5.98. The minimum atomic E-state index is 0.178. The third-order valence-electron chi connectivity index (χ3n) is 3.69. The van der Waals surface area contributed by atoms with Crippen LogP contribution in [0.4, 0.5) is 0 Å². The van der Waals surface area contributed by atoms with E-state index in [2.05, 4.69) is 28.1 Å². The lowest BCUT2D eigenvalue weighted by Crippen LogP contribution is -2.43. The summed E-state index contributed by atoms with van der Waals surface area (Å²) in [5.41, 5.74) is 8.74. The number of piperazine rings is 1. The van der Waals surface area contributed by atoms with Crippen LogP contribution in [0.5, 0.6) is 0 Å². The van der Waals surface area contributed by atoms with Crippen molar-refractivity contribution in [2.75, 3.05) is 33.2 Å². The zero-order valence-electron chi connectivity index (χ0n) is 11.6. The van der Waals surface area contributed by atoms with E-state index < -0.39 is 0 Å². The lowest BCUT2D eigenvalue weighted by atomic mass is 10.0. The van der Waals surface area contributed by atoms with Crippen LogP contribution in [0.25, 0.3) is 0 Å². The Morgan fingerprint density at radius 2 is 2.00 bits per heavy atom. The summed E-state index contributed by atoms with van der Waals surface area (Å²) in [6, 6.07) is 6.16. The molecule has 0 amide bonds. The summed E-state index contributed by atoms with van der Waals surface area (Å²) in [6.45, 7) is 7.28. The van der Waals surface area contributed by atoms with E-state index in [0.29, 0.717) is 0 Å². The average Bonchev–Trinajstić information content (AvgIpc) is 2.42. The molecule has 1 aliphatic heterocycles. The number of nitrogens with two attached hydrogens (primary N) is 1. The standard InChI is InChI=1S/C14H22N4O/c1-11-3-4-12(9-13(11)14(15)16-19)10-18-7-5-17(2)6-8-18/h3-4,9,19H,5-8,10H2,1-2H3,(H2,15,16). The Hall–Kier alpha value is -1.59. The summed E-state index contributed by atoms with van der Waals surface area (Å²) in [5, 5.41) is 11.9. The molecule has 1 heterocycles.